The van der Waals surface area contributed by atoms with Crippen LogP contribution in [0.3, 0.4) is 0 Å². The summed E-state index contributed by atoms with van der Waals surface area (Å²) in [6.45, 7) is 13.1. The van der Waals surface area contributed by atoms with E-state index in [1.54, 1.807) is 6.92 Å². The number of hydrogen-bond donors (Lipinski definition) is 1. The van der Waals surface area contributed by atoms with Gasteiger partial charge in [-0.3, -0.25) is 4.79 Å². The van der Waals surface area contributed by atoms with Crippen LogP contribution in [0.2, 0.25) is 0 Å². The van der Waals surface area contributed by atoms with Crippen molar-refractivity contribution in [2.24, 2.45) is 0 Å². The van der Waals surface area contributed by atoms with Crippen molar-refractivity contribution >= 4 is 5.97 Å². The molecule has 4 heteroatoms. The predicted molar refractivity (Wildman–Crippen MR) is 69.1 cm³/mol. The molecular formula is C14H22NO3+. The third kappa shape index (κ3) is 4.52. The van der Waals surface area contributed by atoms with Gasteiger partial charge >= 0.3 is 5.97 Å². The molecule has 0 aromatic rings. The molecule has 4 nitrogen and oxygen atoms in total. The molecule has 1 aliphatic rings. The molecule has 0 saturated carbocycles. The zero-order valence-electron chi connectivity index (χ0n) is 11.5. The fourth-order valence-electron chi connectivity index (χ4n) is 1.68. The summed E-state index contributed by atoms with van der Waals surface area (Å²) in [5.74, 6) is 5.78. The lowest BCUT2D eigenvalue weighted by molar-refractivity contribution is -0.900. The lowest BCUT2D eigenvalue weighted by Gasteiger charge is -2.24. The Morgan fingerprint density at radius 3 is 2.56 bits per heavy atom. The van der Waals surface area contributed by atoms with E-state index in [0.29, 0.717) is 0 Å². The Kier molecular flexibility index (Phi) is 5.39. The van der Waals surface area contributed by atoms with Gasteiger partial charge in [-0.1, -0.05) is 6.58 Å². The van der Waals surface area contributed by atoms with Crippen molar-refractivity contribution in [3.05, 3.63) is 12.2 Å². The molecule has 1 atom stereocenters. The zero-order chi connectivity index (χ0) is 13.6. The number of quaternary nitrogens is 1. The van der Waals surface area contributed by atoms with Crippen molar-refractivity contribution in [2.75, 3.05) is 32.8 Å². The number of morpholine rings is 1. The Balaban J connectivity index is 2.60. The molecule has 100 valence electrons. The highest BCUT2D eigenvalue weighted by Gasteiger charge is 2.26. The largest absolute Gasteiger partial charge is 0.442 e. The highest BCUT2D eigenvalue weighted by molar-refractivity contribution is 5.67. The van der Waals surface area contributed by atoms with Gasteiger partial charge in [0.15, 0.2) is 5.60 Å². The third-order valence-electron chi connectivity index (χ3n) is 3.03. The fraction of sp³-hybridized carbons (Fsp3) is 0.643. The molecule has 0 aromatic carbocycles. The van der Waals surface area contributed by atoms with Gasteiger partial charge in [0, 0.05) is 6.92 Å². The van der Waals surface area contributed by atoms with Crippen LogP contribution in [0.1, 0.15) is 20.8 Å². The molecule has 0 radical (unpaired) electrons. The van der Waals surface area contributed by atoms with Crippen molar-refractivity contribution in [3.8, 4) is 11.8 Å². The summed E-state index contributed by atoms with van der Waals surface area (Å²) in [5.41, 5.74) is -0.139. The van der Waals surface area contributed by atoms with Gasteiger partial charge in [0.2, 0.25) is 0 Å². The molecule has 1 aliphatic heterocycles. The molecule has 1 rings (SSSR count). The average molecular weight is 252 g/mol. The fourth-order valence-corrected chi connectivity index (χ4v) is 1.68. The zero-order valence-corrected chi connectivity index (χ0v) is 11.5. The molecule has 1 saturated heterocycles. The minimum Gasteiger partial charge on any atom is -0.442 e. The van der Waals surface area contributed by atoms with Crippen LogP contribution in [0.25, 0.3) is 0 Å². The Bertz CT molecular complexity index is 374. The Hall–Kier alpha value is -1.31. The number of carbonyl (C=O) groups excluding carboxylic acids is 1. The molecule has 0 spiro atoms. The van der Waals surface area contributed by atoms with E-state index in [4.69, 9.17) is 9.47 Å². The highest BCUT2D eigenvalue weighted by Crippen LogP contribution is 2.18. The molecule has 0 aliphatic carbocycles. The van der Waals surface area contributed by atoms with Crippen molar-refractivity contribution < 1.29 is 19.2 Å². The van der Waals surface area contributed by atoms with E-state index in [9.17, 15) is 4.79 Å². The van der Waals surface area contributed by atoms with Gasteiger partial charge in [-0.05, 0) is 31.3 Å². The second-order valence-electron chi connectivity index (χ2n) is 4.75. The predicted octanol–water partition coefficient (Wildman–Crippen LogP) is -0.197. The highest BCUT2D eigenvalue weighted by atomic mass is 16.6. The van der Waals surface area contributed by atoms with Gasteiger partial charge in [-0.15, -0.1) is 0 Å². The number of esters is 1. The van der Waals surface area contributed by atoms with Crippen LogP contribution in [0.5, 0.6) is 0 Å². The normalized spacial score (nSPS) is 19.3. The van der Waals surface area contributed by atoms with Crippen LogP contribution in [0.15, 0.2) is 12.2 Å². The number of nitrogens with one attached hydrogen (secondary N) is 1. The number of ether oxygens (including phenoxy) is 2. The minimum absolute atomic E-state index is 0.339. The maximum Gasteiger partial charge on any atom is 0.304 e. The summed E-state index contributed by atoms with van der Waals surface area (Å²) in [6.07, 6.45) is 0. The minimum atomic E-state index is -0.877. The van der Waals surface area contributed by atoms with Gasteiger partial charge < -0.3 is 14.4 Å². The summed E-state index contributed by atoms with van der Waals surface area (Å²) in [7, 11) is 0. The summed E-state index contributed by atoms with van der Waals surface area (Å²) in [5, 5.41) is 0. The van der Waals surface area contributed by atoms with Crippen LogP contribution < -0.4 is 4.90 Å². The van der Waals surface area contributed by atoms with Crippen molar-refractivity contribution in [1.29, 1.82) is 0 Å². The number of hydrogen-bond acceptors (Lipinski definition) is 3. The average Bonchev–Trinajstić information content (AvgIpc) is 2.29. The van der Waals surface area contributed by atoms with E-state index in [0.717, 1.165) is 38.4 Å². The summed E-state index contributed by atoms with van der Waals surface area (Å²) < 4.78 is 10.5. The molecule has 0 bridgehead atoms. The maximum absolute atomic E-state index is 11.1. The van der Waals surface area contributed by atoms with Crippen molar-refractivity contribution in [3.63, 3.8) is 0 Å². The molecular weight excluding hydrogens is 230 g/mol. The van der Waals surface area contributed by atoms with E-state index in [-0.39, 0.29) is 5.97 Å². The molecule has 0 amide bonds. The Morgan fingerprint density at radius 2 is 2.06 bits per heavy atom. The standard InChI is InChI=1S/C14H21NO3/c1-12(2)14(4,18-13(3)16)6-5-7-15-8-10-17-11-9-15/h1,7-11H2,2-4H3/p+1/t14-/m1/s1. The topological polar surface area (TPSA) is 40.0 Å². The quantitative estimate of drug-likeness (QED) is 0.430. The van der Waals surface area contributed by atoms with E-state index in [2.05, 4.69) is 18.4 Å². The van der Waals surface area contributed by atoms with E-state index >= 15 is 0 Å². The first-order valence-electron chi connectivity index (χ1n) is 6.21. The van der Waals surface area contributed by atoms with Gasteiger partial charge in [0.05, 0.1) is 13.2 Å². The second kappa shape index (κ2) is 6.58. The van der Waals surface area contributed by atoms with Gasteiger partial charge in [0.25, 0.3) is 0 Å². The first kappa shape index (κ1) is 14.7. The third-order valence-corrected chi connectivity index (χ3v) is 3.03. The maximum atomic E-state index is 11.1. The molecule has 1 fully saturated rings. The molecule has 1 N–H and O–H groups in total. The van der Waals surface area contributed by atoms with Crippen LogP contribution in [0.4, 0.5) is 0 Å². The van der Waals surface area contributed by atoms with Crippen LogP contribution in [-0.2, 0) is 14.3 Å². The lowest BCUT2D eigenvalue weighted by Crippen LogP contribution is -3.14. The van der Waals surface area contributed by atoms with E-state index in [1.165, 1.54) is 11.8 Å². The molecule has 1 heterocycles. The van der Waals surface area contributed by atoms with Gasteiger partial charge in [-0.2, -0.15) is 0 Å². The van der Waals surface area contributed by atoms with Gasteiger partial charge in [-0.25, -0.2) is 0 Å². The molecule has 0 aromatic heterocycles. The Labute approximate surface area is 109 Å². The Morgan fingerprint density at radius 1 is 1.44 bits per heavy atom. The van der Waals surface area contributed by atoms with Gasteiger partial charge in [0.1, 0.15) is 19.6 Å². The van der Waals surface area contributed by atoms with Crippen molar-refractivity contribution in [1.82, 2.24) is 0 Å². The summed E-state index contributed by atoms with van der Waals surface area (Å²) in [6, 6.07) is 0. The van der Waals surface area contributed by atoms with Crippen LogP contribution in [0, 0.1) is 11.8 Å². The smallest absolute Gasteiger partial charge is 0.304 e. The van der Waals surface area contributed by atoms with Crippen LogP contribution in [-0.4, -0.2) is 44.4 Å². The first-order chi connectivity index (χ1) is 8.44. The van der Waals surface area contributed by atoms with Crippen LogP contribution >= 0.6 is 0 Å². The van der Waals surface area contributed by atoms with E-state index < -0.39 is 5.60 Å². The lowest BCUT2D eigenvalue weighted by atomic mass is 9.99. The second-order valence-corrected chi connectivity index (χ2v) is 4.75. The molecule has 18 heavy (non-hydrogen) atoms. The SMILES string of the molecule is C=C(C)[C@@](C)(C#CC[NH+]1CCOCC1)OC(C)=O. The first-order valence-corrected chi connectivity index (χ1v) is 6.21. The number of carbonyl (C=O) groups is 1. The molecule has 0 unspecified atom stereocenters. The van der Waals surface area contributed by atoms with Crippen molar-refractivity contribution in [2.45, 2.75) is 26.4 Å². The number of rotatable bonds is 3. The summed E-state index contributed by atoms with van der Waals surface area (Å²) >= 11 is 0. The summed E-state index contributed by atoms with van der Waals surface area (Å²) in [4.78, 5) is 12.5. The monoisotopic (exact) mass is 252 g/mol. The van der Waals surface area contributed by atoms with E-state index in [1.807, 2.05) is 6.92 Å².